The standard InChI is InChI=1S/C15H16BrN3O2/c1-3-17-14(20)10-5-4-6-12(7-10)18-15(21)13-8-11(16)9-19(13)2/h4-9H,3H2,1-2H3,(H,17,20)(H,18,21). The van der Waals surface area contributed by atoms with Gasteiger partial charge in [-0.3, -0.25) is 9.59 Å². The first-order valence-electron chi connectivity index (χ1n) is 6.52. The topological polar surface area (TPSA) is 63.1 Å². The number of nitrogens with one attached hydrogen (secondary N) is 2. The Bertz CT molecular complexity index is 679. The molecule has 0 bridgehead atoms. The zero-order chi connectivity index (χ0) is 15.4. The van der Waals surface area contributed by atoms with Crippen molar-refractivity contribution in [1.29, 1.82) is 0 Å². The maximum Gasteiger partial charge on any atom is 0.272 e. The normalized spacial score (nSPS) is 10.2. The van der Waals surface area contributed by atoms with Gasteiger partial charge in [0, 0.05) is 35.5 Å². The van der Waals surface area contributed by atoms with E-state index in [9.17, 15) is 9.59 Å². The van der Waals surface area contributed by atoms with Crippen LogP contribution in [-0.4, -0.2) is 22.9 Å². The summed E-state index contributed by atoms with van der Waals surface area (Å²) in [6.07, 6.45) is 1.81. The Kier molecular flexibility index (Phi) is 4.80. The van der Waals surface area contributed by atoms with Gasteiger partial charge < -0.3 is 15.2 Å². The van der Waals surface area contributed by atoms with Crippen molar-refractivity contribution in [2.45, 2.75) is 6.92 Å². The minimum Gasteiger partial charge on any atom is -0.352 e. The van der Waals surface area contributed by atoms with Gasteiger partial charge in [-0.2, -0.15) is 0 Å². The number of rotatable bonds is 4. The van der Waals surface area contributed by atoms with Crippen molar-refractivity contribution in [3.63, 3.8) is 0 Å². The van der Waals surface area contributed by atoms with Crippen molar-refractivity contribution in [2.75, 3.05) is 11.9 Å². The Hall–Kier alpha value is -2.08. The average Bonchev–Trinajstić information content (AvgIpc) is 2.78. The summed E-state index contributed by atoms with van der Waals surface area (Å²) in [6.45, 7) is 2.42. The molecule has 1 aromatic heterocycles. The van der Waals surface area contributed by atoms with Gasteiger partial charge in [-0.25, -0.2) is 0 Å². The summed E-state index contributed by atoms with van der Waals surface area (Å²) >= 11 is 3.33. The SMILES string of the molecule is CCNC(=O)c1cccc(NC(=O)c2cc(Br)cn2C)c1. The lowest BCUT2D eigenvalue weighted by Gasteiger charge is -2.08. The minimum absolute atomic E-state index is 0.157. The number of hydrogen-bond donors (Lipinski definition) is 2. The summed E-state index contributed by atoms with van der Waals surface area (Å²) < 4.78 is 2.57. The van der Waals surface area contributed by atoms with Crippen LogP contribution in [0.3, 0.4) is 0 Å². The Morgan fingerprint density at radius 3 is 2.62 bits per heavy atom. The smallest absolute Gasteiger partial charge is 0.272 e. The first-order chi connectivity index (χ1) is 10.0. The van der Waals surface area contributed by atoms with E-state index in [4.69, 9.17) is 0 Å². The Morgan fingerprint density at radius 2 is 2.00 bits per heavy atom. The van der Waals surface area contributed by atoms with Crippen molar-refractivity contribution >= 4 is 33.4 Å². The fraction of sp³-hybridized carbons (Fsp3) is 0.200. The summed E-state index contributed by atoms with van der Waals surface area (Å²) in [4.78, 5) is 24.0. The lowest BCUT2D eigenvalue weighted by Crippen LogP contribution is -2.23. The van der Waals surface area contributed by atoms with Gasteiger partial charge in [-0.15, -0.1) is 0 Å². The van der Waals surface area contributed by atoms with Crippen LogP contribution in [0.5, 0.6) is 0 Å². The van der Waals surface area contributed by atoms with Crippen molar-refractivity contribution in [2.24, 2.45) is 7.05 Å². The monoisotopic (exact) mass is 349 g/mol. The molecule has 0 spiro atoms. The number of carbonyl (C=O) groups is 2. The highest BCUT2D eigenvalue weighted by Crippen LogP contribution is 2.16. The van der Waals surface area contributed by atoms with Crippen molar-refractivity contribution < 1.29 is 9.59 Å². The highest BCUT2D eigenvalue weighted by atomic mass is 79.9. The number of halogens is 1. The van der Waals surface area contributed by atoms with Gasteiger partial charge in [-0.1, -0.05) is 6.07 Å². The molecule has 2 rings (SSSR count). The molecule has 0 atom stereocenters. The second-order valence-electron chi connectivity index (χ2n) is 4.55. The number of hydrogen-bond acceptors (Lipinski definition) is 2. The number of carbonyl (C=O) groups excluding carboxylic acids is 2. The molecule has 1 aromatic carbocycles. The summed E-state index contributed by atoms with van der Waals surface area (Å²) in [7, 11) is 1.80. The van der Waals surface area contributed by atoms with E-state index < -0.39 is 0 Å². The average molecular weight is 350 g/mol. The number of benzene rings is 1. The van der Waals surface area contributed by atoms with E-state index in [-0.39, 0.29) is 11.8 Å². The molecule has 110 valence electrons. The van der Waals surface area contributed by atoms with Crippen molar-refractivity contribution in [3.05, 3.63) is 52.3 Å². The van der Waals surface area contributed by atoms with E-state index in [1.807, 2.05) is 6.92 Å². The third-order valence-corrected chi connectivity index (χ3v) is 3.36. The van der Waals surface area contributed by atoms with Crippen LogP contribution < -0.4 is 10.6 Å². The Labute approximate surface area is 131 Å². The summed E-state index contributed by atoms with van der Waals surface area (Å²) in [5, 5.41) is 5.51. The summed E-state index contributed by atoms with van der Waals surface area (Å²) in [6, 6.07) is 8.59. The van der Waals surface area contributed by atoms with Crippen LogP contribution >= 0.6 is 15.9 Å². The molecule has 21 heavy (non-hydrogen) atoms. The number of aromatic nitrogens is 1. The second kappa shape index (κ2) is 6.58. The predicted octanol–water partition coefficient (Wildman–Crippen LogP) is 2.79. The lowest BCUT2D eigenvalue weighted by atomic mass is 10.2. The molecular formula is C15H16BrN3O2. The van der Waals surface area contributed by atoms with Gasteiger partial charge >= 0.3 is 0 Å². The van der Waals surface area contributed by atoms with Crippen molar-refractivity contribution in [1.82, 2.24) is 9.88 Å². The van der Waals surface area contributed by atoms with Crippen LogP contribution in [0.2, 0.25) is 0 Å². The first kappa shape index (κ1) is 15.3. The molecule has 2 N–H and O–H groups in total. The van der Waals surface area contributed by atoms with E-state index >= 15 is 0 Å². The zero-order valence-electron chi connectivity index (χ0n) is 11.8. The van der Waals surface area contributed by atoms with Crippen LogP contribution in [-0.2, 0) is 7.05 Å². The second-order valence-corrected chi connectivity index (χ2v) is 5.46. The molecule has 0 unspecified atom stereocenters. The molecular weight excluding hydrogens is 334 g/mol. The predicted molar refractivity (Wildman–Crippen MR) is 85.5 cm³/mol. The maximum atomic E-state index is 12.2. The van der Waals surface area contributed by atoms with E-state index in [2.05, 4.69) is 26.6 Å². The summed E-state index contributed by atoms with van der Waals surface area (Å²) in [5.41, 5.74) is 1.63. The van der Waals surface area contributed by atoms with Crippen LogP contribution in [0.1, 0.15) is 27.8 Å². The van der Waals surface area contributed by atoms with E-state index in [0.29, 0.717) is 23.5 Å². The first-order valence-corrected chi connectivity index (χ1v) is 7.32. The van der Waals surface area contributed by atoms with Crippen LogP contribution in [0.15, 0.2) is 41.0 Å². The van der Waals surface area contributed by atoms with Crippen LogP contribution in [0.4, 0.5) is 5.69 Å². The van der Waals surface area contributed by atoms with Crippen molar-refractivity contribution in [3.8, 4) is 0 Å². The van der Waals surface area contributed by atoms with Gasteiger partial charge in [0.2, 0.25) is 0 Å². The van der Waals surface area contributed by atoms with E-state index in [1.165, 1.54) is 0 Å². The Morgan fingerprint density at radius 1 is 1.24 bits per heavy atom. The van der Waals surface area contributed by atoms with Crippen LogP contribution in [0.25, 0.3) is 0 Å². The molecule has 2 aromatic rings. The third-order valence-electron chi connectivity index (χ3n) is 2.92. The van der Waals surface area contributed by atoms with E-state index in [1.54, 1.807) is 48.1 Å². The lowest BCUT2D eigenvalue weighted by molar-refractivity contribution is 0.0954. The van der Waals surface area contributed by atoms with E-state index in [0.717, 1.165) is 4.47 Å². The number of amides is 2. The Balaban J connectivity index is 2.16. The molecule has 1 heterocycles. The molecule has 0 aliphatic rings. The van der Waals surface area contributed by atoms with Gasteiger partial charge in [0.1, 0.15) is 5.69 Å². The van der Waals surface area contributed by atoms with Gasteiger partial charge in [0.05, 0.1) is 0 Å². The van der Waals surface area contributed by atoms with Gasteiger partial charge in [0.25, 0.3) is 11.8 Å². The molecule has 0 fully saturated rings. The molecule has 6 heteroatoms. The third kappa shape index (κ3) is 3.72. The zero-order valence-corrected chi connectivity index (χ0v) is 13.4. The highest BCUT2D eigenvalue weighted by Gasteiger charge is 2.12. The molecule has 0 aliphatic carbocycles. The fourth-order valence-electron chi connectivity index (χ4n) is 1.95. The fourth-order valence-corrected chi connectivity index (χ4v) is 2.47. The molecule has 0 radical (unpaired) electrons. The van der Waals surface area contributed by atoms with Gasteiger partial charge in [0.15, 0.2) is 0 Å². The molecule has 0 saturated heterocycles. The largest absolute Gasteiger partial charge is 0.352 e. The molecule has 0 aliphatic heterocycles. The number of anilines is 1. The molecule has 2 amide bonds. The minimum atomic E-state index is -0.226. The number of nitrogens with zero attached hydrogens (tertiary/aromatic N) is 1. The molecule has 0 saturated carbocycles. The summed E-state index contributed by atoms with van der Waals surface area (Å²) in [5.74, 6) is -0.383. The number of aryl methyl sites for hydroxylation is 1. The molecule has 5 nitrogen and oxygen atoms in total. The quantitative estimate of drug-likeness (QED) is 0.891. The van der Waals surface area contributed by atoms with Gasteiger partial charge in [-0.05, 0) is 47.1 Å². The van der Waals surface area contributed by atoms with Crippen LogP contribution in [0, 0.1) is 0 Å². The highest BCUT2D eigenvalue weighted by molar-refractivity contribution is 9.10. The maximum absolute atomic E-state index is 12.2.